The highest BCUT2D eigenvalue weighted by Crippen LogP contribution is 2.29. The van der Waals surface area contributed by atoms with Gasteiger partial charge in [0.25, 0.3) is 9.70 Å². The van der Waals surface area contributed by atoms with Crippen molar-refractivity contribution in [1.82, 2.24) is 4.98 Å². The SMILES string of the molecule is CC.CC.O=C(Nc1ccnc2ccccc12)C(Cl)(Cl)Cl. The van der Waals surface area contributed by atoms with Gasteiger partial charge in [-0.3, -0.25) is 9.78 Å². The minimum atomic E-state index is -1.98. The largest absolute Gasteiger partial charge is 0.322 e. The molecule has 1 N–H and O–H groups in total. The molecule has 2 rings (SSSR count). The van der Waals surface area contributed by atoms with Crippen molar-refractivity contribution in [2.45, 2.75) is 31.5 Å². The van der Waals surface area contributed by atoms with Crippen molar-refractivity contribution in [2.24, 2.45) is 0 Å². The zero-order valence-electron chi connectivity index (χ0n) is 12.5. The molecule has 0 bridgehead atoms. The Morgan fingerprint density at radius 1 is 1.05 bits per heavy atom. The maximum atomic E-state index is 11.6. The summed E-state index contributed by atoms with van der Waals surface area (Å²) in [5.41, 5.74) is 1.32. The quantitative estimate of drug-likeness (QED) is 0.681. The molecule has 0 saturated carbocycles. The molecule has 0 aliphatic carbocycles. The summed E-state index contributed by atoms with van der Waals surface area (Å²) in [6.45, 7) is 8.00. The highest BCUT2D eigenvalue weighted by atomic mass is 35.6. The van der Waals surface area contributed by atoms with E-state index in [4.69, 9.17) is 34.8 Å². The number of carbonyl (C=O) groups excluding carboxylic acids is 1. The van der Waals surface area contributed by atoms with E-state index in [0.29, 0.717) is 5.69 Å². The fourth-order valence-electron chi connectivity index (χ4n) is 1.40. The topological polar surface area (TPSA) is 42.0 Å². The normalized spacial score (nSPS) is 9.86. The molecular formula is C15H19Cl3N2O. The first-order valence-electron chi connectivity index (χ1n) is 6.70. The van der Waals surface area contributed by atoms with Crippen LogP contribution in [0, 0.1) is 0 Å². The van der Waals surface area contributed by atoms with Crippen molar-refractivity contribution in [3.8, 4) is 0 Å². The van der Waals surface area contributed by atoms with Crippen molar-refractivity contribution < 1.29 is 4.79 Å². The molecule has 6 heteroatoms. The van der Waals surface area contributed by atoms with Crippen LogP contribution >= 0.6 is 34.8 Å². The van der Waals surface area contributed by atoms with Crippen LogP contribution in [0.5, 0.6) is 0 Å². The van der Waals surface area contributed by atoms with E-state index in [1.165, 1.54) is 0 Å². The number of halogens is 3. The summed E-state index contributed by atoms with van der Waals surface area (Å²) >= 11 is 16.5. The summed E-state index contributed by atoms with van der Waals surface area (Å²) in [5.74, 6) is -0.696. The minimum Gasteiger partial charge on any atom is -0.322 e. The van der Waals surface area contributed by atoms with E-state index in [1.807, 2.05) is 52.0 Å². The first kappa shape index (κ1) is 20.0. The van der Waals surface area contributed by atoms with Gasteiger partial charge in [0.05, 0.1) is 11.2 Å². The molecule has 0 atom stereocenters. The third kappa shape index (κ3) is 6.08. The summed E-state index contributed by atoms with van der Waals surface area (Å²) in [6.07, 6.45) is 1.58. The Hall–Kier alpha value is -1.03. The van der Waals surface area contributed by atoms with Crippen LogP contribution in [-0.4, -0.2) is 14.7 Å². The second-order valence-corrected chi connectivity index (χ2v) is 5.61. The van der Waals surface area contributed by atoms with Crippen molar-refractivity contribution in [3.05, 3.63) is 36.5 Å². The number of fused-ring (bicyclic) bond motifs is 1. The van der Waals surface area contributed by atoms with E-state index in [1.54, 1.807) is 12.3 Å². The predicted octanol–water partition coefficient (Wildman–Crippen LogP) is 5.60. The smallest absolute Gasteiger partial charge is 0.276 e. The van der Waals surface area contributed by atoms with E-state index < -0.39 is 9.70 Å². The molecule has 1 heterocycles. The maximum Gasteiger partial charge on any atom is 0.276 e. The number of hydrogen-bond donors (Lipinski definition) is 1. The molecule has 0 aliphatic heterocycles. The second kappa shape index (κ2) is 9.82. The Morgan fingerprint density at radius 2 is 1.62 bits per heavy atom. The molecule has 3 nitrogen and oxygen atoms in total. The number of anilines is 1. The molecular weight excluding hydrogens is 331 g/mol. The number of nitrogens with one attached hydrogen (secondary N) is 1. The first-order valence-corrected chi connectivity index (χ1v) is 7.84. The lowest BCUT2D eigenvalue weighted by molar-refractivity contribution is -0.115. The number of nitrogens with zero attached hydrogens (tertiary/aromatic N) is 1. The van der Waals surface area contributed by atoms with Gasteiger partial charge in [0, 0.05) is 11.6 Å². The van der Waals surface area contributed by atoms with Crippen LogP contribution in [0.3, 0.4) is 0 Å². The van der Waals surface area contributed by atoms with E-state index >= 15 is 0 Å². The zero-order valence-corrected chi connectivity index (χ0v) is 14.7. The summed E-state index contributed by atoms with van der Waals surface area (Å²) in [4.78, 5) is 15.7. The van der Waals surface area contributed by atoms with Crippen LogP contribution in [0.15, 0.2) is 36.5 Å². The Balaban J connectivity index is 0.000000921. The molecule has 0 unspecified atom stereocenters. The predicted molar refractivity (Wildman–Crippen MR) is 93.4 cm³/mol. The van der Waals surface area contributed by atoms with Crippen LogP contribution in [0.2, 0.25) is 0 Å². The third-order valence-electron chi connectivity index (χ3n) is 2.15. The molecule has 0 radical (unpaired) electrons. The average Bonchev–Trinajstić information content (AvgIpc) is 2.51. The van der Waals surface area contributed by atoms with Crippen LogP contribution in [0.1, 0.15) is 27.7 Å². The average molecular weight is 350 g/mol. The summed E-state index contributed by atoms with van der Waals surface area (Å²) in [5, 5.41) is 3.34. The lowest BCUT2D eigenvalue weighted by Gasteiger charge is -2.12. The van der Waals surface area contributed by atoms with Gasteiger partial charge >= 0.3 is 0 Å². The van der Waals surface area contributed by atoms with Crippen molar-refractivity contribution >= 4 is 57.3 Å². The molecule has 0 spiro atoms. The summed E-state index contributed by atoms with van der Waals surface area (Å²) < 4.78 is -1.98. The van der Waals surface area contributed by atoms with Gasteiger partial charge in [-0.15, -0.1) is 0 Å². The summed E-state index contributed by atoms with van der Waals surface area (Å²) in [7, 11) is 0. The molecule has 0 fully saturated rings. The van der Waals surface area contributed by atoms with Crippen LogP contribution in [0.4, 0.5) is 5.69 Å². The van der Waals surface area contributed by atoms with Crippen LogP contribution in [0.25, 0.3) is 10.9 Å². The lowest BCUT2D eigenvalue weighted by atomic mass is 10.2. The molecule has 0 aliphatic rings. The van der Waals surface area contributed by atoms with Crippen molar-refractivity contribution in [1.29, 1.82) is 0 Å². The van der Waals surface area contributed by atoms with Gasteiger partial charge in [0.1, 0.15) is 0 Å². The van der Waals surface area contributed by atoms with Gasteiger partial charge in [-0.25, -0.2) is 0 Å². The lowest BCUT2D eigenvalue weighted by Crippen LogP contribution is -2.27. The number of rotatable bonds is 1. The highest BCUT2D eigenvalue weighted by Gasteiger charge is 2.30. The second-order valence-electron chi connectivity index (χ2n) is 3.33. The monoisotopic (exact) mass is 348 g/mol. The number of carbonyl (C=O) groups is 1. The maximum absolute atomic E-state index is 11.6. The fraction of sp³-hybridized carbons (Fsp3) is 0.333. The number of amides is 1. The van der Waals surface area contributed by atoms with Crippen LogP contribution in [-0.2, 0) is 4.79 Å². The van der Waals surface area contributed by atoms with E-state index in [9.17, 15) is 4.79 Å². The number of para-hydroxylation sites is 1. The van der Waals surface area contributed by atoms with E-state index in [0.717, 1.165) is 10.9 Å². The number of alkyl halides is 3. The van der Waals surface area contributed by atoms with Crippen LogP contribution < -0.4 is 5.32 Å². The number of hydrogen-bond acceptors (Lipinski definition) is 2. The van der Waals surface area contributed by atoms with E-state index in [2.05, 4.69) is 10.3 Å². The van der Waals surface area contributed by atoms with E-state index in [-0.39, 0.29) is 0 Å². The van der Waals surface area contributed by atoms with Gasteiger partial charge in [-0.1, -0.05) is 80.7 Å². The zero-order chi connectivity index (χ0) is 16.5. The standard InChI is InChI=1S/C11H7Cl3N2O.2C2H6/c12-11(13,14)10(17)16-9-5-6-15-8-4-2-1-3-7(8)9;2*1-2/h1-6H,(H,15,16,17);2*1-2H3. The minimum absolute atomic E-state index is 0.562. The number of benzene rings is 1. The molecule has 116 valence electrons. The third-order valence-corrected chi connectivity index (χ3v) is 2.67. The molecule has 1 amide bonds. The van der Waals surface area contributed by atoms with Gasteiger partial charge < -0.3 is 5.32 Å². The molecule has 1 aromatic carbocycles. The van der Waals surface area contributed by atoms with Gasteiger partial charge in [-0.05, 0) is 12.1 Å². The highest BCUT2D eigenvalue weighted by molar-refractivity contribution is 6.76. The van der Waals surface area contributed by atoms with Crippen molar-refractivity contribution in [3.63, 3.8) is 0 Å². The first-order chi connectivity index (χ1) is 9.98. The van der Waals surface area contributed by atoms with Gasteiger partial charge in [0.2, 0.25) is 0 Å². The fourth-order valence-corrected chi connectivity index (χ4v) is 1.54. The Bertz CT molecular complexity index is 563. The molecule has 21 heavy (non-hydrogen) atoms. The number of pyridine rings is 1. The van der Waals surface area contributed by atoms with Gasteiger partial charge in [0.15, 0.2) is 0 Å². The van der Waals surface area contributed by atoms with Gasteiger partial charge in [-0.2, -0.15) is 0 Å². The Morgan fingerprint density at radius 3 is 2.19 bits per heavy atom. The van der Waals surface area contributed by atoms with Crippen molar-refractivity contribution in [2.75, 3.05) is 5.32 Å². The molecule has 1 aromatic heterocycles. The summed E-state index contributed by atoms with van der Waals surface area (Å²) in [6, 6.07) is 9.01. The number of aromatic nitrogens is 1. The Labute approximate surface area is 140 Å². The Kier molecular flexibility index (Phi) is 9.34. The molecule has 2 aromatic rings. The molecule has 0 saturated heterocycles.